The lowest BCUT2D eigenvalue weighted by Crippen LogP contribution is -2.34. The average molecular weight is 381 g/mol. The second-order valence-corrected chi connectivity index (χ2v) is 6.34. The number of ether oxygens (including phenoxy) is 2. The van der Waals surface area contributed by atoms with Crippen LogP contribution in [0.2, 0.25) is 0 Å². The van der Waals surface area contributed by atoms with Gasteiger partial charge in [0.05, 0.1) is 25.8 Å². The van der Waals surface area contributed by atoms with Gasteiger partial charge < -0.3 is 14.8 Å². The molecule has 0 aliphatic rings. The maximum atomic E-state index is 12.4. The summed E-state index contributed by atoms with van der Waals surface area (Å²) in [4.78, 5) is 24.5. The van der Waals surface area contributed by atoms with E-state index in [1.807, 2.05) is 30.3 Å². The van der Waals surface area contributed by atoms with Crippen LogP contribution in [0, 0.1) is 0 Å². The van der Waals surface area contributed by atoms with Crippen molar-refractivity contribution in [2.75, 3.05) is 20.8 Å². The van der Waals surface area contributed by atoms with Gasteiger partial charge in [-0.1, -0.05) is 24.3 Å². The Labute approximate surface area is 162 Å². The van der Waals surface area contributed by atoms with Crippen LogP contribution < -0.4 is 20.3 Å². The highest BCUT2D eigenvalue weighted by atomic mass is 16.5. The van der Waals surface area contributed by atoms with E-state index >= 15 is 0 Å². The molecule has 0 spiro atoms. The Hall–Kier alpha value is -3.35. The number of methoxy groups -OCH3 is 2. The molecule has 1 amide bonds. The van der Waals surface area contributed by atoms with E-state index in [2.05, 4.69) is 10.4 Å². The van der Waals surface area contributed by atoms with Gasteiger partial charge in [0, 0.05) is 11.9 Å². The summed E-state index contributed by atoms with van der Waals surface area (Å²) in [6.45, 7) is 0.412. The molecule has 1 N–H and O–H groups in total. The number of carbonyl (C=O) groups excluding carboxylic acids is 1. The van der Waals surface area contributed by atoms with Crippen LogP contribution in [0.25, 0.3) is 10.8 Å². The topological polar surface area (TPSA) is 82.5 Å². The van der Waals surface area contributed by atoms with Crippen LogP contribution in [0.15, 0.2) is 53.5 Å². The molecule has 28 heavy (non-hydrogen) atoms. The van der Waals surface area contributed by atoms with Gasteiger partial charge in [-0.3, -0.25) is 9.59 Å². The summed E-state index contributed by atoms with van der Waals surface area (Å²) in [6, 6.07) is 13.0. The fraction of sp³-hybridized carbons (Fsp3) is 0.286. The molecule has 7 heteroatoms. The van der Waals surface area contributed by atoms with E-state index in [9.17, 15) is 9.59 Å². The molecule has 0 atom stereocenters. The third-order valence-electron chi connectivity index (χ3n) is 4.47. The Morgan fingerprint density at radius 3 is 2.68 bits per heavy atom. The monoisotopic (exact) mass is 381 g/mol. The van der Waals surface area contributed by atoms with E-state index in [-0.39, 0.29) is 18.0 Å². The van der Waals surface area contributed by atoms with Crippen molar-refractivity contribution in [3.8, 4) is 11.5 Å². The van der Waals surface area contributed by atoms with Crippen LogP contribution in [-0.4, -0.2) is 36.5 Å². The summed E-state index contributed by atoms with van der Waals surface area (Å²) in [5, 5.41) is 8.23. The number of hydrogen-bond acceptors (Lipinski definition) is 5. The van der Waals surface area contributed by atoms with E-state index in [1.165, 1.54) is 4.68 Å². The number of amides is 1. The largest absolute Gasteiger partial charge is 0.493 e. The Morgan fingerprint density at radius 2 is 1.89 bits per heavy atom. The van der Waals surface area contributed by atoms with Crippen molar-refractivity contribution in [2.24, 2.45) is 0 Å². The molecule has 0 saturated heterocycles. The third-order valence-corrected chi connectivity index (χ3v) is 4.47. The average Bonchev–Trinajstić information content (AvgIpc) is 2.73. The summed E-state index contributed by atoms with van der Waals surface area (Å²) in [7, 11) is 3.20. The molecule has 0 aliphatic carbocycles. The number of nitrogens with one attached hydrogen (secondary N) is 1. The van der Waals surface area contributed by atoms with E-state index in [4.69, 9.17) is 9.47 Å². The van der Waals surface area contributed by atoms with Crippen molar-refractivity contribution in [1.29, 1.82) is 0 Å². The van der Waals surface area contributed by atoms with Gasteiger partial charge in [0.25, 0.3) is 5.56 Å². The Kier molecular flexibility index (Phi) is 6.26. The van der Waals surface area contributed by atoms with Crippen molar-refractivity contribution in [1.82, 2.24) is 15.1 Å². The number of fused-ring (bicyclic) bond motifs is 1. The number of hydrogen-bond donors (Lipinski definition) is 1. The van der Waals surface area contributed by atoms with Crippen LogP contribution >= 0.6 is 0 Å². The smallest absolute Gasteiger partial charge is 0.275 e. The van der Waals surface area contributed by atoms with Crippen LogP contribution in [-0.2, 0) is 17.8 Å². The van der Waals surface area contributed by atoms with Crippen LogP contribution in [0.5, 0.6) is 11.5 Å². The molecule has 0 fully saturated rings. The van der Waals surface area contributed by atoms with E-state index in [0.717, 1.165) is 23.8 Å². The van der Waals surface area contributed by atoms with Crippen molar-refractivity contribution in [3.05, 3.63) is 64.6 Å². The molecule has 1 heterocycles. The van der Waals surface area contributed by atoms with Crippen molar-refractivity contribution < 1.29 is 14.3 Å². The zero-order valence-corrected chi connectivity index (χ0v) is 16.0. The summed E-state index contributed by atoms with van der Waals surface area (Å²) in [5.41, 5.74) is 0.831. The predicted octanol–water partition coefficient (Wildman–Crippen LogP) is 2.16. The maximum Gasteiger partial charge on any atom is 0.275 e. The zero-order valence-electron chi connectivity index (χ0n) is 16.0. The lowest BCUT2D eigenvalue weighted by atomic mass is 10.1. The molecule has 7 nitrogen and oxygen atoms in total. The first-order valence-corrected chi connectivity index (χ1v) is 9.05. The first-order chi connectivity index (χ1) is 13.6. The fourth-order valence-corrected chi connectivity index (χ4v) is 2.99. The first-order valence-electron chi connectivity index (χ1n) is 9.05. The Bertz CT molecular complexity index is 1030. The predicted molar refractivity (Wildman–Crippen MR) is 107 cm³/mol. The van der Waals surface area contributed by atoms with Gasteiger partial charge in [0.15, 0.2) is 11.5 Å². The van der Waals surface area contributed by atoms with Gasteiger partial charge in [0.1, 0.15) is 6.54 Å². The zero-order chi connectivity index (χ0) is 19.9. The number of nitrogens with zero attached hydrogens (tertiary/aromatic N) is 2. The molecule has 3 rings (SSSR count). The molecule has 2 aromatic carbocycles. The highest BCUT2D eigenvalue weighted by Crippen LogP contribution is 2.27. The van der Waals surface area contributed by atoms with Gasteiger partial charge in [-0.25, -0.2) is 4.68 Å². The Morgan fingerprint density at radius 1 is 1.11 bits per heavy atom. The van der Waals surface area contributed by atoms with Gasteiger partial charge >= 0.3 is 0 Å². The van der Waals surface area contributed by atoms with E-state index < -0.39 is 0 Å². The molecule has 146 valence electrons. The minimum Gasteiger partial charge on any atom is -0.493 e. The van der Waals surface area contributed by atoms with Crippen molar-refractivity contribution >= 4 is 16.7 Å². The van der Waals surface area contributed by atoms with Crippen molar-refractivity contribution in [2.45, 2.75) is 19.4 Å². The highest BCUT2D eigenvalue weighted by molar-refractivity contribution is 5.81. The number of benzene rings is 2. The number of aromatic nitrogens is 2. The molecular weight excluding hydrogens is 358 g/mol. The summed E-state index contributed by atoms with van der Waals surface area (Å²) >= 11 is 0. The molecule has 0 bridgehead atoms. The van der Waals surface area contributed by atoms with Crippen LogP contribution in [0.1, 0.15) is 12.0 Å². The fourth-order valence-electron chi connectivity index (χ4n) is 2.99. The van der Waals surface area contributed by atoms with Gasteiger partial charge in [0.2, 0.25) is 5.91 Å². The second kappa shape index (κ2) is 9.03. The van der Waals surface area contributed by atoms with Gasteiger partial charge in [-0.15, -0.1) is 0 Å². The molecule has 3 aromatic rings. The summed E-state index contributed by atoms with van der Waals surface area (Å²) < 4.78 is 11.7. The van der Waals surface area contributed by atoms with Crippen molar-refractivity contribution in [3.63, 3.8) is 0 Å². The van der Waals surface area contributed by atoms with Gasteiger partial charge in [-0.2, -0.15) is 5.10 Å². The number of aryl methyl sites for hydroxylation is 1. The standard InChI is InChI=1S/C21H23N3O4/c1-27-18-10-9-15(12-19(18)28-2)6-5-11-22-20(25)14-24-21(26)17-8-4-3-7-16(17)13-23-24/h3-4,7-10,12-13H,5-6,11,14H2,1-2H3,(H,22,25). The summed E-state index contributed by atoms with van der Waals surface area (Å²) in [5.74, 6) is 1.14. The highest BCUT2D eigenvalue weighted by Gasteiger charge is 2.08. The second-order valence-electron chi connectivity index (χ2n) is 6.34. The molecule has 1 aromatic heterocycles. The molecule has 0 unspecified atom stereocenters. The van der Waals surface area contributed by atoms with E-state index in [0.29, 0.717) is 23.4 Å². The third kappa shape index (κ3) is 4.49. The molecule has 0 aliphatic heterocycles. The lowest BCUT2D eigenvalue weighted by Gasteiger charge is -2.10. The minimum atomic E-state index is -0.265. The van der Waals surface area contributed by atoms with Crippen LogP contribution in [0.3, 0.4) is 0 Å². The number of carbonyl (C=O) groups is 1. The molecular formula is C21H23N3O4. The van der Waals surface area contributed by atoms with Gasteiger partial charge in [-0.05, 0) is 36.6 Å². The van der Waals surface area contributed by atoms with E-state index in [1.54, 1.807) is 32.5 Å². The minimum absolute atomic E-state index is 0.0972. The number of rotatable bonds is 8. The lowest BCUT2D eigenvalue weighted by molar-refractivity contribution is -0.121. The normalized spacial score (nSPS) is 10.6. The molecule has 0 saturated carbocycles. The Balaban J connectivity index is 1.51. The SMILES string of the molecule is COc1ccc(CCCNC(=O)Cn2ncc3ccccc3c2=O)cc1OC. The van der Waals surface area contributed by atoms with Crippen LogP contribution in [0.4, 0.5) is 0 Å². The maximum absolute atomic E-state index is 12.4. The first kappa shape index (κ1) is 19.4. The summed E-state index contributed by atoms with van der Waals surface area (Å²) in [6.07, 6.45) is 3.15. The quantitative estimate of drug-likeness (QED) is 0.605. The molecule has 0 radical (unpaired) electrons.